The predicted molar refractivity (Wildman–Crippen MR) is 101 cm³/mol. The molecule has 0 unspecified atom stereocenters. The highest BCUT2D eigenvalue weighted by Crippen LogP contribution is 2.14. The van der Waals surface area contributed by atoms with Crippen LogP contribution in [0.5, 0.6) is 5.75 Å². The van der Waals surface area contributed by atoms with Crippen LogP contribution in [0.15, 0.2) is 60.0 Å². The van der Waals surface area contributed by atoms with E-state index in [1.54, 1.807) is 6.21 Å². The summed E-state index contributed by atoms with van der Waals surface area (Å²) in [6.07, 6.45) is 5.87. The average Bonchev–Trinajstić information content (AvgIpc) is 3.01. The van der Waals surface area contributed by atoms with E-state index >= 15 is 0 Å². The van der Waals surface area contributed by atoms with Gasteiger partial charge in [-0.25, -0.2) is 8.97 Å². The highest BCUT2D eigenvalue weighted by molar-refractivity contribution is 5.81. The van der Waals surface area contributed by atoms with Crippen LogP contribution >= 0.6 is 0 Å². The average molecular weight is 352 g/mol. The van der Waals surface area contributed by atoms with Gasteiger partial charge in [0.25, 0.3) is 5.65 Å². The van der Waals surface area contributed by atoms with Gasteiger partial charge in [0.05, 0.1) is 33.6 Å². The van der Waals surface area contributed by atoms with Crippen LogP contribution in [0.3, 0.4) is 0 Å². The van der Waals surface area contributed by atoms with Gasteiger partial charge in [-0.15, -0.1) is 5.10 Å². The van der Waals surface area contributed by atoms with Gasteiger partial charge >= 0.3 is 5.96 Å². The van der Waals surface area contributed by atoms with Crippen molar-refractivity contribution >= 4 is 17.8 Å². The zero-order valence-electron chi connectivity index (χ0n) is 15.2. The summed E-state index contributed by atoms with van der Waals surface area (Å²) in [7, 11) is 5.67. The summed E-state index contributed by atoms with van der Waals surface area (Å²) in [5.74, 6) is 1.55. The maximum atomic E-state index is 5.92. The zero-order chi connectivity index (χ0) is 18.4. The minimum Gasteiger partial charge on any atom is -0.485 e. The summed E-state index contributed by atoms with van der Waals surface area (Å²) in [6, 6.07) is 13.9. The Labute approximate surface area is 152 Å². The molecule has 3 aromatic rings. The summed E-state index contributed by atoms with van der Waals surface area (Å²) in [5.41, 5.74) is 6.09. The highest BCUT2D eigenvalue weighted by atomic mass is 16.5. The molecule has 0 atom stereocenters. The number of aromatic nitrogens is 2. The molecule has 0 saturated carbocycles. The lowest BCUT2D eigenvalue weighted by molar-refractivity contribution is -0.511. The standard InChI is InChI=1S/C19H23N6O/c1-20-19(21-2)23-22-12-15-7-9-17(10-8-15)26-14-16-13-25-11-5-4-6-18(25)24(16)3/h4-13H,14H2,1-3H3,(H2,20,21,23)/q+1/p+1/b22-12-. The molecule has 0 spiro atoms. The lowest BCUT2D eigenvalue weighted by Crippen LogP contribution is -2.74. The molecule has 0 amide bonds. The number of ether oxygens (including phenoxy) is 1. The van der Waals surface area contributed by atoms with Crippen molar-refractivity contribution in [3.05, 3.63) is 66.1 Å². The molecule has 3 N–H and O–H groups in total. The second kappa shape index (κ2) is 8.15. The highest BCUT2D eigenvalue weighted by Gasteiger charge is 2.13. The van der Waals surface area contributed by atoms with Gasteiger partial charge in [0.15, 0.2) is 12.3 Å². The van der Waals surface area contributed by atoms with E-state index in [-0.39, 0.29) is 0 Å². The van der Waals surface area contributed by atoms with E-state index in [4.69, 9.17) is 4.74 Å². The second-order valence-electron chi connectivity index (χ2n) is 5.75. The molecule has 3 rings (SSSR count). The van der Waals surface area contributed by atoms with Gasteiger partial charge in [0.2, 0.25) is 0 Å². The Kier molecular flexibility index (Phi) is 5.48. The molecule has 0 aliphatic carbocycles. The third kappa shape index (κ3) is 4.00. The number of hydrogen-bond acceptors (Lipinski definition) is 2. The molecule has 0 bridgehead atoms. The number of hydrogen-bond donors (Lipinski definition) is 3. The van der Waals surface area contributed by atoms with Crippen LogP contribution in [0.4, 0.5) is 0 Å². The quantitative estimate of drug-likeness (QED) is 0.252. The van der Waals surface area contributed by atoms with Crippen LogP contribution in [0.1, 0.15) is 11.3 Å². The molecule has 0 saturated heterocycles. The number of hydrazone groups is 1. The minimum atomic E-state index is 0.510. The molecule has 2 heterocycles. The van der Waals surface area contributed by atoms with Crippen molar-refractivity contribution < 1.29 is 14.1 Å². The van der Waals surface area contributed by atoms with Gasteiger partial charge in [-0.2, -0.15) is 5.43 Å². The Balaban J connectivity index is 1.60. The van der Waals surface area contributed by atoms with Crippen LogP contribution in [0.25, 0.3) is 5.65 Å². The number of pyridine rings is 1. The van der Waals surface area contributed by atoms with Crippen molar-refractivity contribution in [3.8, 4) is 5.75 Å². The number of aryl methyl sites for hydroxylation is 1. The monoisotopic (exact) mass is 352 g/mol. The van der Waals surface area contributed by atoms with Crippen LogP contribution in [-0.4, -0.2) is 30.8 Å². The Morgan fingerprint density at radius 1 is 1.27 bits per heavy atom. The SMILES string of the molecule is CNC(N/N=C\c1ccc(OCc2c[n+]3ccccc3n2C)cc1)=[NH+]C. The first-order valence-corrected chi connectivity index (χ1v) is 8.40. The molecule has 0 fully saturated rings. The maximum absolute atomic E-state index is 5.92. The van der Waals surface area contributed by atoms with E-state index < -0.39 is 0 Å². The number of fused-ring (bicyclic) bond motifs is 1. The molecule has 0 aliphatic heterocycles. The number of nitrogens with zero attached hydrogens (tertiary/aromatic N) is 3. The van der Waals surface area contributed by atoms with Gasteiger partial charge in [0, 0.05) is 6.07 Å². The van der Waals surface area contributed by atoms with Gasteiger partial charge in [-0.1, -0.05) is 6.07 Å². The van der Waals surface area contributed by atoms with Crippen molar-refractivity contribution in [2.75, 3.05) is 14.1 Å². The molecule has 26 heavy (non-hydrogen) atoms. The molecule has 7 nitrogen and oxygen atoms in total. The van der Waals surface area contributed by atoms with Crippen LogP contribution in [0, 0.1) is 0 Å². The van der Waals surface area contributed by atoms with Crippen LogP contribution in [-0.2, 0) is 13.7 Å². The minimum absolute atomic E-state index is 0.510. The first kappa shape index (κ1) is 17.5. The zero-order valence-corrected chi connectivity index (χ0v) is 15.2. The first-order valence-electron chi connectivity index (χ1n) is 8.40. The summed E-state index contributed by atoms with van der Waals surface area (Å²) < 4.78 is 10.1. The van der Waals surface area contributed by atoms with E-state index in [2.05, 4.69) is 42.1 Å². The van der Waals surface area contributed by atoms with Crippen molar-refractivity contribution in [2.24, 2.45) is 12.1 Å². The smallest absolute Gasteiger partial charge is 0.366 e. The number of guanidine groups is 1. The van der Waals surface area contributed by atoms with Crippen LogP contribution < -0.4 is 24.9 Å². The Bertz CT molecular complexity index is 927. The second-order valence-corrected chi connectivity index (χ2v) is 5.75. The van der Waals surface area contributed by atoms with Crippen molar-refractivity contribution in [2.45, 2.75) is 6.61 Å². The van der Waals surface area contributed by atoms with Crippen molar-refractivity contribution in [3.63, 3.8) is 0 Å². The molecule has 0 radical (unpaired) electrons. The summed E-state index contributed by atoms with van der Waals surface area (Å²) >= 11 is 0. The van der Waals surface area contributed by atoms with Gasteiger partial charge < -0.3 is 4.74 Å². The number of rotatable bonds is 5. The van der Waals surface area contributed by atoms with E-state index in [1.807, 2.05) is 63.7 Å². The summed E-state index contributed by atoms with van der Waals surface area (Å²) in [4.78, 5) is 2.95. The normalized spacial score (nSPS) is 11.9. The lowest BCUT2D eigenvalue weighted by atomic mass is 10.2. The van der Waals surface area contributed by atoms with Gasteiger partial charge in [0.1, 0.15) is 11.9 Å². The number of nitrogens with one attached hydrogen (secondary N) is 3. The summed E-state index contributed by atoms with van der Waals surface area (Å²) in [5, 5.41) is 7.11. The fraction of sp³-hybridized carbons (Fsp3) is 0.211. The van der Waals surface area contributed by atoms with E-state index in [1.165, 1.54) is 0 Å². The van der Waals surface area contributed by atoms with E-state index in [0.29, 0.717) is 6.61 Å². The predicted octanol–water partition coefficient (Wildman–Crippen LogP) is -0.448. The fourth-order valence-electron chi connectivity index (χ4n) is 2.58. The fourth-order valence-corrected chi connectivity index (χ4v) is 2.58. The molecule has 0 aliphatic rings. The number of benzene rings is 1. The molecule has 2 aromatic heterocycles. The topological polar surface area (TPSA) is 68.7 Å². The Morgan fingerprint density at radius 3 is 2.77 bits per heavy atom. The third-order valence-electron chi connectivity index (χ3n) is 4.09. The molecular weight excluding hydrogens is 328 g/mol. The van der Waals surface area contributed by atoms with Gasteiger partial charge in [-0.3, -0.25) is 10.3 Å². The molecule has 7 heteroatoms. The largest absolute Gasteiger partial charge is 0.485 e. The van der Waals surface area contributed by atoms with Crippen LogP contribution in [0.2, 0.25) is 0 Å². The molecule has 134 valence electrons. The molecular formula is C19H24N6O+2. The summed E-state index contributed by atoms with van der Waals surface area (Å²) in [6.45, 7) is 0.510. The van der Waals surface area contributed by atoms with E-state index in [0.717, 1.165) is 28.6 Å². The maximum Gasteiger partial charge on any atom is 0.366 e. The third-order valence-corrected chi connectivity index (χ3v) is 4.09. The number of imidazole rings is 1. The van der Waals surface area contributed by atoms with Crippen molar-refractivity contribution in [1.82, 2.24) is 15.3 Å². The Morgan fingerprint density at radius 2 is 2.08 bits per heavy atom. The van der Waals surface area contributed by atoms with Gasteiger partial charge in [-0.05, 0) is 35.9 Å². The first-order chi connectivity index (χ1) is 12.7. The lowest BCUT2D eigenvalue weighted by Gasteiger charge is -2.04. The molecule has 1 aromatic carbocycles. The Hall–Kier alpha value is -3.35. The van der Waals surface area contributed by atoms with E-state index in [9.17, 15) is 0 Å². The van der Waals surface area contributed by atoms with Crippen molar-refractivity contribution in [1.29, 1.82) is 0 Å².